The molecule has 0 radical (unpaired) electrons. The lowest BCUT2D eigenvalue weighted by atomic mass is 10.0. The third-order valence-corrected chi connectivity index (χ3v) is 2.82. The third kappa shape index (κ3) is 3.47. The standard InChI is InChI=1S/C11H11BrO3/c12-10-5-1-3-8(4-2-6-13)9(10)7-11(14)15/h1,3,5-6H,2,4,7H2,(H,14,15). The Morgan fingerprint density at radius 1 is 1.47 bits per heavy atom. The van der Waals surface area contributed by atoms with Crippen molar-refractivity contribution in [3.8, 4) is 0 Å². The van der Waals surface area contributed by atoms with Gasteiger partial charge in [0.1, 0.15) is 6.29 Å². The van der Waals surface area contributed by atoms with Gasteiger partial charge in [0.05, 0.1) is 6.42 Å². The SMILES string of the molecule is O=CCCc1cccc(Br)c1CC(=O)O. The molecular formula is C11H11BrO3. The maximum atomic E-state index is 10.7. The Hall–Kier alpha value is -1.16. The first kappa shape index (κ1) is 11.9. The van der Waals surface area contributed by atoms with Gasteiger partial charge in [0, 0.05) is 10.9 Å². The number of rotatable bonds is 5. The van der Waals surface area contributed by atoms with Crippen LogP contribution in [0.15, 0.2) is 22.7 Å². The number of aliphatic carboxylic acids is 1. The summed E-state index contributed by atoms with van der Waals surface area (Å²) in [5, 5.41) is 8.75. The molecule has 3 nitrogen and oxygen atoms in total. The molecule has 0 aliphatic carbocycles. The minimum Gasteiger partial charge on any atom is -0.481 e. The first-order valence-electron chi connectivity index (χ1n) is 4.57. The summed E-state index contributed by atoms with van der Waals surface area (Å²) in [7, 11) is 0. The molecule has 0 aliphatic rings. The summed E-state index contributed by atoms with van der Waals surface area (Å²) >= 11 is 3.32. The summed E-state index contributed by atoms with van der Waals surface area (Å²) in [6.07, 6.45) is 1.83. The fourth-order valence-electron chi connectivity index (χ4n) is 1.40. The lowest BCUT2D eigenvalue weighted by molar-refractivity contribution is -0.136. The molecule has 4 heteroatoms. The number of halogens is 1. The Labute approximate surface area is 96.2 Å². The maximum absolute atomic E-state index is 10.7. The summed E-state index contributed by atoms with van der Waals surface area (Å²) in [6.45, 7) is 0. The molecule has 0 unspecified atom stereocenters. The zero-order valence-electron chi connectivity index (χ0n) is 8.07. The van der Waals surface area contributed by atoms with Crippen LogP contribution in [0.25, 0.3) is 0 Å². The monoisotopic (exact) mass is 270 g/mol. The molecular weight excluding hydrogens is 260 g/mol. The van der Waals surface area contributed by atoms with Gasteiger partial charge in [-0.1, -0.05) is 28.1 Å². The number of carbonyl (C=O) groups is 2. The Morgan fingerprint density at radius 2 is 2.20 bits per heavy atom. The van der Waals surface area contributed by atoms with E-state index < -0.39 is 5.97 Å². The highest BCUT2D eigenvalue weighted by atomic mass is 79.9. The predicted molar refractivity (Wildman–Crippen MR) is 59.9 cm³/mol. The quantitative estimate of drug-likeness (QED) is 0.835. The second kappa shape index (κ2) is 5.66. The molecule has 15 heavy (non-hydrogen) atoms. The van der Waals surface area contributed by atoms with Crippen molar-refractivity contribution in [1.29, 1.82) is 0 Å². The summed E-state index contributed by atoms with van der Waals surface area (Å²) in [6, 6.07) is 5.50. The highest BCUT2D eigenvalue weighted by Gasteiger charge is 2.09. The third-order valence-electron chi connectivity index (χ3n) is 2.08. The van der Waals surface area contributed by atoms with E-state index in [0.29, 0.717) is 12.8 Å². The van der Waals surface area contributed by atoms with Gasteiger partial charge < -0.3 is 9.90 Å². The Bertz CT molecular complexity index is 374. The molecule has 0 amide bonds. The van der Waals surface area contributed by atoms with Crippen LogP contribution in [0, 0.1) is 0 Å². The molecule has 1 aromatic carbocycles. The van der Waals surface area contributed by atoms with Gasteiger partial charge in [0.15, 0.2) is 0 Å². The van der Waals surface area contributed by atoms with Crippen LogP contribution in [0.1, 0.15) is 17.5 Å². The number of aryl methyl sites for hydroxylation is 1. The highest BCUT2D eigenvalue weighted by Crippen LogP contribution is 2.22. The van der Waals surface area contributed by atoms with E-state index >= 15 is 0 Å². The van der Waals surface area contributed by atoms with Crippen molar-refractivity contribution in [1.82, 2.24) is 0 Å². The molecule has 0 saturated carbocycles. The fourth-order valence-corrected chi connectivity index (χ4v) is 1.95. The number of carbonyl (C=O) groups excluding carboxylic acids is 1. The molecule has 0 saturated heterocycles. The summed E-state index contributed by atoms with van der Waals surface area (Å²) in [5.41, 5.74) is 1.67. The molecule has 0 spiro atoms. The van der Waals surface area contributed by atoms with E-state index in [9.17, 15) is 9.59 Å². The number of carboxylic acids is 1. The van der Waals surface area contributed by atoms with Gasteiger partial charge in [0.25, 0.3) is 0 Å². The molecule has 0 heterocycles. The number of hydrogen-bond acceptors (Lipinski definition) is 2. The fraction of sp³-hybridized carbons (Fsp3) is 0.273. The molecule has 1 aromatic rings. The van der Waals surface area contributed by atoms with Crippen LogP contribution >= 0.6 is 15.9 Å². The van der Waals surface area contributed by atoms with Gasteiger partial charge in [-0.25, -0.2) is 0 Å². The molecule has 80 valence electrons. The van der Waals surface area contributed by atoms with Crippen molar-refractivity contribution < 1.29 is 14.7 Å². The largest absolute Gasteiger partial charge is 0.481 e. The van der Waals surface area contributed by atoms with Crippen molar-refractivity contribution >= 4 is 28.2 Å². The molecule has 0 atom stereocenters. The smallest absolute Gasteiger partial charge is 0.307 e. The first-order chi connectivity index (χ1) is 7.15. The second-order valence-corrected chi connectivity index (χ2v) is 4.01. The van der Waals surface area contributed by atoms with Crippen molar-refractivity contribution in [3.05, 3.63) is 33.8 Å². The van der Waals surface area contributed by atoms with Crippen LogP contribution in [0.5, 0.6) is 0 Å². The van der Waals surface area contributed by atoms with E-state index in [1.807, 2.05) is 18.2 Å². The first-order valence-corrected chi connectivity index (χ1v) is 5.36. The number of hydrogen-bond donors (Lipinski definition) is 1. The molecule has 0 aromatic heterocycles. The summed E-state index contributed by atoms with van der Waals surface area (Å²) in [5.74, 6) is -0.866. The zero-order valence-corrected chi connectivity index (χ0v) is 9.66. The number of carboxylic acid groups (broad SMARTS) is 1. The maximum Gasteiger partial charge on any atom is 0.307 e. The van der Waals surface area contributed by atoms with Gasteiger partial charge >= 0.3 is 5.97 Å². The van der Waals surface area contributed by atoms with E-state index in [-0.39, 0.29) is 6.42 Å². The van der Waals surface area contributed by atoms with Crippen molar-refractivity contribution in [2.75, 3.05) is 0 Å². The minimum absolute atomic E-state index is 0.0182. The Balaban J connectivity index is 2.96. The van der Waals surface area contributed by atoms with E-state index in [0.717, 1.165) is 21.9 Å². The molecule has 0 fully saturated rings. The number of aldehydes is 1. The van der Waals surface area contributed by atoms with E-state index in [4.69, 9.17) is 5.11 Å². The van der Waals surface area contributed by atoms with Gasteiger partial charge in [-0.3, -0.25) is 4.79 Å². The highest BCUT2D eigenvalue weighted by molar-refractivity contribution is 9.10. The van der Waals surface area contributed by atoms with E-state index in [2.05, 4.69) is 15.9 Å². The molecule has 0 bridgehead atoms. The minimum atomic E-state index is -0.866. The van der Waals surface area contributed by atoms with Crippen molar-refractivity contribution in [2.24, 2.45) is 0 Å². The molecule has 1 rings (SSSR count). The summed E-state index contributed by atoms with van der Waals surface area (Å²) < 4.78 is 0.785. The average Bonchev–Trinajstić information content (AvgIpc) is 2.18. The van der Waals surface area contributed by atoms with Gasteiger partial charge in [-0.05, 0) is 23.6 Å². The molecule has 1 N–H and O–H groups in total. The second-order valence-electron chi connectivity index (χ2n) is 3.15. The van der Waals surface area contributed by atoms with Crippen LogP contribution < -0.4 is 0 Å². The topological polar surface area (TPSA) is 54.4 Å². The van der Waals surface area contributed by atoms with Gasteiger partial charge in [-0.2, -0.15) is 0 Å². The van der Waals surface area contributed by atoms with Crippen LogP contribution in [-0.2, 0) is 22.4 Å². The lowest BCUT2D eigenvalue weighted by Gasteiger charge is -2.08. The Kier molecular flexibility index (Phi) is 4.49. The Morgan fingerprint density at radius 3 is 2.80 bits per heavy atom. The van der Waals surface area contributed by atoms with E-state index in [1.165, 1.54) is 0 Å². The van der Waals surface area contributed by atoms with Crippen LogP contribution in [0.4, 0.5) is 0 Å². The predicted octanol–water partition coefficient (Wildman–Crippen LogP) is 2.21. The van der Waals surface area contributed by atoms with Crippen molar-refractivity contribution in [2.45, 2.75) is 19.3 Å². The van der Waals surface area contributed by atoms with E-state index in [1.54, 1.807) is 0 Å². The van der Waals surface area contributed by atoms with Crippen molar-refractivity contribution in [3.63, 3.8) is 0 Å². The van der Waals surface area contributed by atoms with Crippen LogP contribution in [0.3, 0.4) is 0 Å². The number of benzene rings is 1. The van der Waals surface area contributed by atoms with Crippen LogP contribution in [-0.4, -0.2) is 17.4 Å². The normalized spacial score (nSPS) is 9.93. The van der Waals surface area contributed by atoms with Gasteiger partial charge in [-0.15, -0.1) is 0 Å². The molecule has 0 aliphatic heterocycles. The van der Waals surface area contributed by atoms with Gasteiger partial charge in [0.2, 0.25) is 0 Å². The average molecular weight is 271 g/mol. The summed E-state index contributed by atoms with van der Waals surface area (Å²) in [4.78, 5) is 20.9. The van der Waals surface area contributed by atoms with Crippen LogP contribution in [0.2, 0.25) is 0 Å². The zero-order chi connectivity index (χ0) is 11.3. The lowest BCUT2D eigenvalue weighted by Crippen LogP contribution is -2.05.